The number of sulfonamides is 1. The number of benzene rings is 1. The Morgan fingerprint density at radius 1 is 1.48 bits per heavy atom. The second-order valence-electron chi connectivity index (χ2n) is 4.70. The van der Waals surface area contributed by atoms with Gasteiger partial charge in [-0.15, -0.1) is 0 Å². The molecule has 1 N–H and O–H groups in total. The van der Waals surface area contributed by atoms with Gasteiger partial charge in [-0.05, 0) is 12.5 Å². The van der Waals surface area contributed by atoms with Crippen LogP contribution in [0.15, 0.2) is 23.1 Å². The van der Waals surface area contributed by atoms with Gasteiger partial charge in [0.2, 0.25) is 10.0 Å². The lowest BCUT2D eigenvalue weighted by atomic mass is 10.3. The molecule has 0 radical (unpaired) electrons. The summed E-state index contributed by atoms with van der Waals surface area (Å²) in [7, 11) is -0.688. The first kappa shape index (κ1) is 15.7. The van der Waals surface area contributed by atoms with E-state index in [0.717, 1.165) is 6.07 Å². The predicted octanol–water partition coefficient (Wildman–Crippen LogP) is 1.05. The Morgan fingerprint density at radius 2 is 2.19 bits per heavy atom. The number of hydrogen-bond acceptors (Lipinski definition) is 6. The molecule has 1 saturated heterocycles. The molecule has 1 atom stereocenters. The molecule has 1 fully saturated rings. The molecule has 0 amide bonds. The smallest absolute Gasteiger partial charge is 0.270 e. The van der Waals surface area contributed by atoms with Crippen molar-refractivity contribution in [1.29, 1.82) is 0 Å². The van der Waals surface area contributed by atoms with Gasteiger partial charge in [0.25, 0.3) is 5.69 Å². The van der Waals surface area contributed by atoms with Crippen LogP contribution in [0, 0.1) is 10.1 Å². The fraction of sp³-hybridized carbons (Fsp3) is 0.500. The zero-order valence-electron chi connectivity index (χ0n) is 11.8. The molecule has 1 aliphatic heterocycles. The standard InChI is InChI=1S/C12H17N3O5S/c1-13-11-4-3-9(15(16)17)7-12(11)21(18,19)14-6-5-10(8-14)20-2/h3-4,7,10,13H,5-6,8H2,1-2H3. The van der Waals surface area contributed by atoms with Crippen LogP contribution in [0.5, 0.6) is 0 Å². The molecule has 1 aromatic carbocycles. The summed E-state index contributed by atoms with van der Waals surface area (Å²) >= 11 is 0. The Bertz CT molecular complexity index is 646. The first-order chi connectivity index (χ1) is 9.90. The van der Waals surface area contributed by atoms with E-state index in [0.29, 0.717) is 18.7 Å². The average molecular weight is 315 g/mol. The van der Waals surface area contributed by atoms with Gasteiger partial charge in [-0.1, -0.05) is 0 Å². The summed E-state index contributed by atoms with van der Waals surface area (Å²) in [6, 6.07) is 3.75. The van der Waals surface area contributed by atoms with Crippen LogP contribution in [0.25, 0.3) is 0 Å². The quantitative estimate of drug-likeness (QED) is 0.643. The zero-order chi connectivity index (χ0) is 15.6. The number of methoxy groups -OCH3 is 1. The van der Waals surface area contributed by atoms with E-state index in [2.05, 4.69) is 5.32 Å². The van der Waals surface area contributed by atoms with Gasteiger partial charge in [0.1, 0.15) is 4.90 Å². The lowest BCUT2D eigenvalue weighted by Gasteiger charge is -2.18. The molecule has 0 bridgehead atoms. The Labute approximate surface area is 122 Å². The number of nitrogens with one attached hydrogen (secondary N) is 1. The molecule has 8 nitrogen and oxygen atoms in total. The third kappa shape index (κ3) is 2.99. The molecule has 9 heteroatoms. The van der Waals surface area contributed by atoms with E-state index in [-0.39, 0.29) is 23.2 Å². The minimum Gasteiger partial charge on any atom is -0.387 e. The van der Waals surface area contributed by atoms with Crippen molar-refractivity contribution in [3.8, 4) is 0 Å². The van der Waals surface area contributed by atoms with Crippen LogP contribution in [0.4, 0.5) is 11.4 Å². The highest BCUT2D eigenvalue weighted by Gasteiger charge is 2.34. The number of hydrogen-bond donors (Lipinski definition) is 1. The molecule has 1 heterocycles. The van der Waals surface area contributed by atoms with Crippen molar-refractivity contribution in [3.63, 3.8) is 0 Å². The molecule has 21 heavy (non-hydrogen) atoms. The molecule has 1 aliphatic rings. The van der Waals surface area contributed by atoms with Crippen molar-refractivity contribution in [3.05, 3.63) is 28.3 Å². The van der Waals surface area contributed by atoms with E-state index in [1.807, 2.05) is 0 Å². The van der Waals surface area contributed by atoms with E-state index in [4.69, 9.17) is 4.74 Å². The second kappa shape index (κ2) is 5.96. The van der Waals surface area contributed by atoms with Crippen LogP contribution in [0.3, 0.4) is 0 Å². The van der Waals surface area contributed by atoms with Gasteiger partial charge >= 0.3 is 0 Å². The number of anilines is 1. The molecule has 0 saturated carbocycles. The van der Waals surface area contributed by atoms with Crippen LogP contribution in [-0.2, 0) is 14.8 Å². The highest BCUT2D eigenvalue weighted by Crippen LogP contribution is 2.30. The van der Waals surface area contributed by atoms with Crippen molar-refractivity contribution in [1.82, 2.24) is 4.31 Å². The molecular weight excluding hydrogens is 298 g/mol. The van der Waals surface area contributed by atoms with Gasteiger partial charge in [-0.3, -0.25) is 10.1 Å². The van der Waals surface area contributed by atoms with E-state index < -0.39 is 14.9 Å². The molecule has 0 aromatic heterocycles. The normalized spacial score (nSPS) is 19.6. The molecule has 1 aromatic rings. The zero-order valence-corrected chi connectivity index (χ0v) is 12.6. The number of nitro groups is 1. The van der Waals surface area contributed by atoms with E-state index >= 15 is 0 Å². The molecule has 1 unspecified atom stereocenters. The second-order valence-corrected chi connectivity index (χ2v) is 6.60. The summed E-state index contributed by atoms with van der Waals surface area (Å²) in [6.45, 7) is 0.595. The number of rotatable bonds is 5. The predicted molar refractivity (Wildman–Crippen MR) is 76.8 cm³/mol. The van der Waals surface area contributed by atoms with Crippen LogP contribution in [0.1, 0.15) is 6.42 Å². The molecular formula is C12H17N3O5S. The van der Waals surface area contributed by atoms with E-state index in [1.54, 1.807) is 7.05 Å². The van der Waals surface area contributed by atoms with Gasteiger partial charge in [-0.25, -0.2) is 8.42 Å². The van der Waals surface area contributed by atoms with Crippen molar-refractivity contribution in [2.24, 2.45) is 0 Å². The maximum Gasteiger partial charge on any atom is 0.270 e. The topological polar surface area (TPSA) is 102 Å². The van der Waals surface area contributed by atoms with E-state index in [1.165, 1.54) is 23.5 Å². The summed E-state index contributed by atoms with van der Waals surface area (Å²) in [5, 5.41) is 13.6. The van der Waals surface area contributed by atoms with Crippen LogP contribution in [-0.4, -0.2) is 51.0 Å². The van der Waals surface area contributed by atoms with Crippen LogP contribution < -0.4 is 5.32 Å². The third-order valence-electron chi connectivity index (χ3n) is 3.50. The summed E-state index contributed by atoms with van der Waals surface area (Å²) in [6.07, 6.45) is 0.469. The Morgan fingerprint density at radius 3 is 2.71 bits per heavy atom. The first-order valence-electron chi connectivity index (χ1n) is 6.39. The van der Waals surface area contributed by atoms with Gasteiger partial charge in [0, 0.05) is 39.4 Å². The fourth-order valence-electron chi connectivity index (χ4n) is 2.29. The minimum atomic E-state index is -3.79. The van der Waals surface area contributed by atoms with Gasteiger partial charge < -0.3 is 10.1 Å². The summed E-state index contributed by atoms with van der Waals surface area (Å²) in [4.78, 5) is 10.2. The first-order valence-corrected chi connectivity index (χ1v) is 7.83. The van der Waals surface area contributed by atoms with Crippen LogP contribution in [0.2, 0.25) is 0 Å². The number of nitrogens with zero attached hydrogens (tertiary/aromatic N) is 2. The van der Waals surface area contributed by atoms with Crippen molar-refractivity contribution in [2.45, 2.75) is 17.4 Å². The Hall–Kier alpha value is -1.71. The van der Waals surface area contributed by atoms with Crippen molar-refractivity contribution >= 4 is 21.4 Å². The largest absolute Gasteiger partial charge is 0.387 e. The molecule has 116 valence electrons. The summed E-state index contributed by atoms with van der Waals surface area (Å²) in [5.74, 6) is 0. The van der Waals surface area contributed by atoms with Gasteiger partial charge in [0.15, 0.2) is 0 Å². The summed E-state index contributed by atoms with van der Waals surface area (Å²) < 4.78 is 31.8. The lowest BCUT2D eigenvalue weighted by molar-refractivity contribution is -0.385. The number of non-ortho nitro benzene ring substituents is 1. The number of nitro benzene ring substituents is 1. The molecule has 0 aliphatic carbocycles. The maximum absolute atomic E-state index is 12.7. The SMILES string of the molecule is CNc1ccc([N+](=O)[O-])cc1S(=O)(=O)N1CCC(OC)C1. The Kier molecular flexibility index (Phi) is 4.45. The maximum atomic E-state index is 12.7. The average Bonchev–Trinajstić information content (AvgIpc) is 2.96. The Balaban J connectivity index is 2.43. The highest BCUT2D eigenvalue weighted by molar-refractivity contribution is 7.89. The summed E-state index contributed by atoms with van der Waals surface area (Å²) in [5.41, 5.74) is 0.0801. The number of ether oxygens (including phenoxy) is 1. The van der Waals surface area contributed by atoms with Crippen molar-refractivity contribution in [2.75, 3.05) is 32.6 Å². The fourth-order valence-corrected chi connectivity index (χ4v) is 4.00. The van der Waals surface area contributed by atoms with Gasteiger partial charge in [0.05, 0.1) is 16.7 Å². The van der Waals surface area contributed by atoms with Crippen molar-refractivity contribution < 1.29 is 18.1 Å². The monoisotopic (exact) mass is 315 g/mol. The molecule has 0 spiro atoms. The van der Waals surface area contributed by atoms with E-state index in [9.17, 15) is 18.5 Å². The third-order valence-corrected chi connectivity index (χ3v) is 5.41. The van der Waals surface area contributed by atoms with Crippen LogP contribution >= 0.6 is 0 Å². The highest BCUT2D eigenvalue weighted by atomic mass is 32.2. The van der Waals surface area contributed by atoms with Gasteiger partial charge in [-0.2, -0.15) is 4.31 Å². The lowest BCUT2D eigenvalue weighted by Crippen LogP contribution is -2.30. The minimum absolute atomic E-state index is 0.0871. The molecule has 2 rings (SSSR count).